The van der Waals surface area contributed by atoms with Crippen molar-refractivity contribution in [3.63, 3.8) is 0 Å². The predicted octanol–water partition coefficient (Wildman–Crippen LogP) is 4.13. The van der Waals surface area contributed by atoms with Gasteiger partial charge in [0.15, 0.2) is 0 Å². The normalized spacial score (nSPS) is 10.5. The van der Waals surface area contributed by atoms with Gasteiger partial charge in [0.1, 0.15) is 11.3 Å². The van der Waals surface area contributed by atoms with Gasteiger partial charge in [-0.25, -0.2) is 4.79 Å². The molecule has 0 atom stereocenters. The lowest BCUT2D eigenvalue weighted by Crippen LogP contribution is -2.31. The Kier molecular flexibility index (Phi) is 6.88. The number of methoxy groups -OCH3 is 1. The van der Waals surface area contributed by atoms with Crippen LogP contribution >= 0.6 is 0 Å². The average molecular weight is 416 g/mol. The molecule has 6 heteroatoms. The minimum absolute atomic E-state index is 0.0853. The van der Waals surface area contributed by atoms with Gasteiger partial charge in [-0.2, -0.15) is 5.26 Å². The number of ether oxygens (including phenoxy) is 1. The summed E-state index contributed by atoms with van der Waals surface area (Å²) in [4.78, 5) is 27.1. The lowest BCUT2D eigenvalue weighted by atomic mass is 10.0. The van der Waals surface area contributed by atoms with Gasteiger partial charge in [-0.1, -0.05) is 18.2 Å². The number of nitrogens with zero attached hydrogens (tertiary/aromatic N) is 2. The zero-order chi connectivity index (χ0) is 22.4. The molecule has 0 aliphatic carbocycles. The molecule has 0 aliphatic heterocycles. The highest BCUT2D eigenvalue weighted by Crippen LogP contribution is 2.24. The van der Waals surface area contributed by atoms with Crippen LogP contribution in [0.2, 0.25) is 0 Å². The van der Waals surface area contributed by atoms with Crippen LogP contribution in [0.25, 0.3) is 11.0 Å². The summed E-state index contributed by atoms with van der Waals surface area (Å²) in [5.74, 6) is 0.527. The number of aryl methyl sites for hydroxylation is 1. The van der Waals surface area contributed by atoms with Crippen molar-refractivity contribution >= 4 is 16.9 Å². The topological polar surface area (TPSA) is 83.5 Å². The van der Waals surface area contributed by atoms with Gasteiger partial charge in [0.05, 0.1) is 18.7 Å². The number of nitriles is 1. The van der Waals surface area contributed by atoms with Gasteiger partial charge >= 0.3 is 5.63 Å². The first-order valence-corrected chi connectivity index (χ1v) is 9.95. The van der Waals surface area contributed by atoms with Crippen LogP contribution in [0.1, 0.15) is 28.7 Å². The highest BCUT2D eigenvalue weighted by Gasteiger charge is 2.17. The minimum Gasteiger partial charge on any atom is -0.497 e. The van der Waals surface area contributed by atoms with E-state index in [2.05, 4.69) is 12.6 Å². The molecule has 0 N–H and O–H groups in total. The van der Waals surface area contributed by atoms with E-state index in [0.717, 1.165) is 16.5 Å². The molecule has 3 aromatic rings. The van der Waals surface area contributed by atoms with Crippen LogP contribution < -0.4 is 10.4 Å². The van der Waals surface area contributed by atoms with Crippen LogP contribution in [0.3, 0.4) is 0 Å². The Bertz CT molecular complexity index is 1200. The third-order valence-electron chi connectivity index (χ3n) is 5.24. The smallest absolute Gasteiger partial charge is 0.339 e. The minimum atomic E-state index is -0.437. The summed E-state index contributed by atoms with van der Waals surface area (Å²) in [7, 11) is 1.55. The van der Waals surface area contributed by atoms with Crippen molar-refractivity contribution < 1.29 is 13.9 Å². The number of hydrogen-bond acceptors (Lipinski definition) is 5. The van der Waals surface area contributed by atoms with E-state index in [1.165, 1.54) is 0 Å². The van der Waals surface area contributed by atoms with Crippen molar-refractivity contribution in [3.8, 4) is 11.8 Å². The number of rotatable bonds is 8. The van der Waals surface area contributed by atoms with Crippen molar-refractivity contribution in [2.75, 3.05) is 13.7 Å². The molecule has 0 fully saturated rings. The number of benzene rings is 2. The third-order valence-corrected chi connectivity index (χ3v) is 5.24. The quantitative estimate of drug-likeness (QED) is 0.407. The maximum absolute atomic E-state index is 12.9. The summed E-state index contributed by atoms with van der Waals surface area (Å²) in [6.07, 6.45) is 2.14. The summed E-state index contributed by atoms with van der Waals surface area (Å²) >= 11 is 0. The SMILES string of the molecule is C=CCN(Cc1ccc(C#N)cc1)C(=O)CCc1c(C)c2ccc(OC)cc2oc1=O. The second-order valence-corrected chi connectivity index (χ2v) is 7.23. The summed E-state index contributed by atoms with van der Waals surface area (Å²) in [5.41, 5.74) is 2.83. The molecule has 6 nitrogen and oxygen atoms in total. The van der Waals surface area contributed by atoms with Crippen LogP contribution in [-0.2, 0) is 17.8 Å². The first-order chi connectivity index (χ1) is 15.0. The maximum Gasteiger partial charge on any atom is 0.339 e. The van der Waals surface area contributed by atoms with Crippen molar-refractivity contribution in [1.29, 1.82) is 5.26 Å². The van der Waals surface area contributed by atoms with Crippen molar-refractivity contribution in [2.24, 2.45) is 0 Å². The highest BCUT2D eigenvalue weighted by molar-refractivity contribution is 5.83. The summed E-state index contributed by atoms with van der Waals surface area (Å²) < 4.78 is 10.7. The molecule has 0 radical (unpaired) electrons. The van der Waals surface area contributed by atoms with E-state index >= 15 is 0 Å². The van der Waals surface area contributed by atoms with E-state index in [-0.39, 0.29) is 18.7 Å². The molecule has 0 saturated carbocycles. The monoisotopic (exact) mass is 416 g/mol. The van der Waals surface area contributed by atoms with Crippen LogP contribution in [0.5, 0.6) is 5.75 Å². The van der Waals surface area contributed by atoms with E-state index in [1.54, 1.807) is 36.3 Å². The molecule has 2 aromatic carbocycles. The van der Waals surface area contributed by atoms with Gasteiger partial charge in [0.2, 0.25) is 5.91 Å². The molecule has 3 rings (SSSR count). The fourth-order valence-electron chi connectivity index (χ4n) is 3.50. The van der Waals surface area contributed by atoms with Crippen LogP contribution in [0.15, 0.2) is 64.3 Å². The standard InChI is InChI=1S/C25H24N2O4/c1-4-13-27(16-19-7-5-18(15-26)6-8-19)24(28)12-11-22-17(2)21-10-9-20(30-3)14-23(21)31-25(22)29/h4-10,14H,1,11-13,16H2,2-3H3. The number of fused-ring (bicyclic) bond motifs is 1. The molecule has 0 saturated heterocycles. The Morgan fingerprint density at radius 2 is 2.00 bits per heavy atom. The Hall–Kier alpha value is -3.85. The molecule has 158 valence electrons. The van der Waals surface area contributed by atoms with E-state index in [9.17, 15) is 9.59 Å². The molecule has 31 heavy (non-hydrogen) atoms. The molecule has 1 heterocycles. The second-order valence-electron chi connectivity index (χ2n) is 7.23. The van der Waals surface area contributed by atoms with Crippen LogP contribution in [-0.4, -0.2) is 24.5 Å². The zero-order valence-electron chi connectivity index (χ0n) is 17.7. The molecule has 0 bridgehead atoms. The Morgan fingerprint density at radius 3 is 2.65 bits per heavy atom. The van der Waals surface area contributed by atoms with Crippen molar-refractivity contribution in [2.45, 2.75) is 26.3 Å². The van der Waals surface area contributed by atoms with Crippen LogP contribution in [0.4, 0.5) is 0 Å². The summed E-state index contributed by atoms with van der Waals surface area (Å²) in [6, 6.07) is 14.5. The maximum atomic E-state index is 12.9. The van der Waals surface area contributed by atoms with Gasteiger partial charge in [-0.05, 0) is 48.7 Å². The third kappa shape index (κ3) is 5.01. The van der Waals surface area contributed by atoms with E-state index in [4.69, 9.17) is 14.4 Å². The zero-order valence-corrected chi connectivity index (χ0v) is 17.7. The Morgan fingerprint density at radius 1 is 1.26 bits per heavy atom. The number of hydrogen-bond donors (Lipinski definition) is 0. The largest absolute Gasteiger partial charge is 0.497 e. The molecule has 0 spiro atoms. The lowest BCUT2D eigenvalue weighted by molar-refractivity contribution is -0.131. The van der Waals surface area contributed by atoms with E-state index in [0.29, 0.717) is 35.5 Å². The first-order valence-electron chi connectivity index (χ1n) is 9.95. The van der Waals surface area contributed by atoms with Gasteiger partial charge in [-0.15, -0.1) is 6.58 Å². The van der Waals surface area contributed by atoms with Gasteiger partial charge in [0, 0.05) is 36.5 Å². The molecule has 0 aliphatic rings. The molecule has 0 unspecified atom stereocenters. The highest BCUT2D eigenvalue weighted by atomic mass is 16.5. The molecule has 1 amide bonds. The second kappa shape index (κ2) is 9.77. The van der Waals surface area contributed by atoms with Crippen molar-refractivity contribution in [3.05, 3.63) is 87.8 Å². The number of carbonyl (C=O) groups is 1. The van der Waals surface area contributed by atoms with Crippen LogP contribution in [0, 0.1) is 18.3 Å². The number of amides is 1. The first kappa shape index (κ1) is 21.8. The fraction of sp³-hybridized carbons (Fsp3) is 0.240. The molecule has 1 aromatic heterocycles. The molecular formula is C25H24N2O4. The lowest BCUT2D eigenvalue weighted by Gasteiger charge is -2.21. The van der Waals surface area contributed by atoms with Gasteiger partial charge in [-0.3, -0.25) is 4.79 Å². The summed E-state index contributed by atoms with van der Waals surface area (Å²) in [6.45, 7) is 6.40. The predicted molar refractivity (Wildman–Crippen MR) is 119 cm³/mol. The van der Waals surface area contributed by atoms with Gasteiger partial charge < -0.3 is 14.1 Å². The number of carbonyl (C=O) groups excluding carboxylic acids is 1. The van der Waals surface area contributed by atoms with E-state index < -0.39 is 5.63 Å². The Labute approximate surface area is 181 Å². The van der Waals surface area contributed by atoms with E-state index in [1.807, 2.05) is 31.2 Å². The average Bonchev–Trinajstić information content (AvgIpc) is 2.78. The fourth-order valence-corrected chi connectivity index (χ4v) is 3.50. The van der Waals surface area contributed by atoms with Crippen molar-refractivity contribution in [1.82, 2.24) is 4.90 Å². The Balaban J connectivity index is 1.77. The summed E-state index contributed by atoms with van der Waals surface area (Å²) in [5, 5.41) is 9.75. The van der Waals surface area contributed by atoms with Gasteiger partial charge in [0.25, 0.3) is 0 Å². The molecular weight excluding hydrogens is 392 g/mol.